The van der Waals surface area contributed by atoms with E-state index in [1.807, 2.05) is 12.4 Å². The Morgan fingerprint density at radius 3 is 2.02 bits per heavy atom. The van der Waals surface area contributed by atoms with E-state index in [-0.39, 0.29) is 0 Å². The van der Waals surface area contributed by atoms with Crippen molar-refractivity contribution >= 4 is 60.5 Å². The minimum absolute atomic E-state index is 0.875. The summed E-state index contributed by atoms with van der Waals surface area (Å²) >= 11 is 0. The van der Waals surface area contributed by atoms with E-state index in [9.17, 15) is 0 Å². The molecule has 2 aromatic heterocycles. The molecule has 0 aliphatic heterocycles. The molecule has 0 atom stereocenters. The lowest BCUT2D eigenvalue weighted by atomic mass is 9.93. The number of hydrogen-bond donors (Lipinski definition) is 0. The maximum Gasteiger partial charge on any atom is 0.143 e. The molecule has 9 aromatic rings. The Morgan fingerprint density at radius 1 is 0.457 bits per heavy atom. The second kappa shape index (κ2) is 10.8. The number of hydrogen-bond acceptors (Lipinski definition) is 3. The summed E-state index contributed by atoms with van der Waals surface area (Å²) in [5, 5.41) is 7.03. The summed E-state index contributed by atoms with van der Waals surface area (Å²) in [7, 11) is 0. The molecule has 0 unspecified atom stereocenters. The molecule has 7 aromatic carbocycles. The Kier molecular flexibility index (Phi) is 6.14. The SMILES string of the molecule is c1ccc(N(c2cccc(-c3cc4ccccc4c4c3oc3cccc(-c5ccncc5)c34)c2)c2cccc3ccccc23)cc1. The van der Waals surface area contributed by atoms with Crippen LogP contribution in [0.5, 0.6) is 0 Å². The van der Waals surface area contributed by atoms with E-state index >= 15 is 0 Å². The maximum absolute atomic E-state index is 6.81. The first-order chi connectivity index (χ1) is 22.8. The molecule has 0 saturated heterocycles. The topological polar surface area (TPSA) is 29.3 Å². The van der Waals surface area contributed by atoms with Gasteiger partial charge in [0.1, 0.15) is 11.2 Å². The number of benzene rings is 7. The number of fused-ring (bicyclic) bond motifs is 6. The summed E-state index contributed by atoms with van der Waals surface area (Å²) in [4.78, 5) is 6.61. The molecule has 0 radical (unpaired) electrons. The van der Waals surface area contributed by atoms with Crippen LogP contribution < -0.4 is 4.90 Å². The number of nitrogens with zero attached hydrogens (tertiary/aromatic N) is 2. The third-order valence-electron chi connectivity index (χ3n) is 8.92. The molecule has 0 amide bonds. The van der Waals surface area contributed by atoms with Gasteiger partial charge in [-0.3, -0.25) is 4.98 Å². The van der Waals surface area contributed by atoms with Crippen molar-refractivity contribution in [1.29, 1.82) is 0 Å². The summed E-state index contributed by atoms with van der Waals surface area (Å²) in [6, 6.07) is 55.9. The highest BCUT2D eigenvalue weighted by Gasteiger charge is 2.21. The average Bonchev–Trinajstić information content (AvgIpc) is 3.53. The molecule has 3 heteroatoms. The van der Waals surface area contributed by atoms with E-state index in [4.69, 9.17) is 4.42 Å². The van der Waals surface area contributed by atoms with Crippen molar-refractivity contribution in [2.45, 2.75) is 0 Å². The van der Waals surface area contributed by atoms with Gasteiger partial charge in [0, 0.05) is 45.5 Å². The fourth-order valence-corrected chi connectivity index (χ4v) is 6.87. The van der Waals surface area contributed by atoms with Gasteiger partial charge in [0.15, 0.2) is 0 Å². The predicted molar refractivity (Wildman–Crippen MR) is 192 cm³/mol. The number of furan rings is 1. The lowest BCUT2D eigenvalue weighted by Gasteiger charge is -2.27. The summed E-state index contributed by atoms with van der Waals surface area (Å²) in [5.74, 6) is 0. The Hall–Kier alpha value is -6.19. The first-order valence-corrected chi connectivity index (χ1v) is 15.5. The molecule has 3 nitrogen and oxygen atoms in total. The Bertz CT molecular complexity index is 2530. The number of anilines is 3. The zero-order valence-electron chi connectivity index (χ0n) is 25.0. The van der Waals surface area contributed by atoms with E-state index in [2.05, 4.69) is 168 Å². The van der Waals surface area contributed by atoms with Crippen molar-refractivity contribution < 1.29 is 4.42 Å². The molecule has 0 spiro atoms. The molecular formula is C43H28N2O. The third kappa shape index (κ3) is 4.25. The first kappa shape index (κ1) is 26.2. The van der Waals surface area contributed by atoms with Crippen LogP contribution in [-0.2, 0) is 0 Å². The first-order valence-electron chi connectivity index (χ1n) is 15.5. The van der Waals surface area contributed by atoms with Crippen molar-refractivity contribution in [3.63, 3.8) is 0 Å². The molecule has 46 heavy (non-hydrogen) atoms. The van der Waals surface area contributed by atoms with Crippen molar-refractivity contribution in [3.8, 4) is 22.3 Å². The summed E-state index contributed by atoms with van der Waals surface area (Å²) in [6.07, 6.45) is 3.69. The third-order valence-corrected chi connectivity index (χ3v) is 8.92. The van der Waals surface area contributed by atoms with Crippen LogP contribution in [0.15, 0.2) is 175 Å². The molecular weight excluding hydrogens is 560 g/mol. The van der Waals surface area contributed by atoms with E-state index in [0.29, 0.717) is 0 Å². The van der Waals surface area contributed by atoms with Gasteiger partial charge in [0.05, 0.1) is 5.69 Å². The molecule has 2 heterocycles. The van der Waals surface area contributed by atoms with Crippen LogP contribution in [-0.4, -0.2) is 4.98 Å². The highest BCUT2D eigenvalue weighted by Crippen LogP contribution is 2.46. The van der Waals surface area contributed by atoms with Crippen LogP contribution >= 0.6 is 0 Å². The fraction of sp³-hybridized carbons (Fsp3) is 0. The highest BCUT2D eigenvalue weighted by atomic mass is 16.3. The van der Waals surface area contributed by atoms with Crippen LogP contribution in [0.2, 0.25) is 0 Å². The van der Waals surface area contributed by atoms with Gasteiger partial charge in [0.2, 0.25) is 0 Å². The van der Waals surface area contributed by atoms with Crippen LogP contribution in [0.25, 0.3) is 65.7 Å². The van der Waals surface area contributed by atoms with Gasteiger partial charge in [-0.25, -0.2) is 0 Å². The quantitative estimate of drug-likeness (QED) is 0.200. The molecule has 0 aliphatic rings. The molecule has 0 saturated carbocycles. The summed E-state index contributed by atoms with van der Waals surface area (Å²) in [5.41, 5.74) is 9.51. The average molecular weight is 589 g/mol. The Morgan fingerprint density at radius 2 is 1.15 bits per heavy atom. The summed E-state index contributed by atoms with van der Waals surface area (Å²) < 4.78 is 6.81. The minimum Gasteiger partial charge on any atom is -0.455 e. The van der Waals surface area contributed by atoms with Crippen LogP contribution in [0.1, 0.15) is 0 Å². The Balaban J connectivity index is 1.31. The largest absolute Gasteiger partial charge is 0.455 e. The van der Waals surface area contributed by atoms with E-state index in [1.165, 1.54) is 21.5 Å². The fourth-order valence-electron chi connectivity index (χ4n) is 6.87. The normalized spacial score (nSPS) is 11.5. The molecule has 0 N–H and O–H groups in total. The van der Waals surface area contributed by atoms with Crippen molar-refractivity contribution in [2.24, 2.45) is 0 Å². The standard InChI is InChI=1S/C43H28N2O/c1-2-15-33(16-3-1)45(39-21-9-13-29-11-4-6-18-35(29)39)34-17-8-14-31(27-34)38-28-32-12-5-7-19-37(32)42-41-36(30-23-25-44-26-24-30)20-10-22-40(41)46-43(38)42/h1-28H. The smallest absolute Gasteiger partial charge is 0.143 e. The molecule has 0 bridgehead atoms. The van der Waals surface area contributed by atoms with Crippen molar-refractivity contribution in [3.05, 3.63) is 170 Å². The van der Waals surface area contributed by atoms with Crippen molar-refractivity contribution in [2.75, 3.05) is 4.90 Å². The monoisotopic (exact) mass is 588 g/mol. The molecule has 0 fully saturated rings. The minimum atomic E-state index is 0.875. The molecule has 9 rings (SSSR count). The zero-order chi connectivity index (χ0) is 30.5. The number of para-hydroxylation sites is 1. The van der Waals surface area contributed by atoms with E-state index in [0.717, 1.165) is 61.3 Å². The lowest BCUT2D eigenvalue weighted by molar-refractivity contribution is 0.670. The Labute approximate surface area is 266 Å². The van der Waals surface area contributed by atoms with Crippen LogP contribution in [0, 0.1) is 0 Å². The van der Waals surface area contributed by atoms with Crippen LogP contribution in [0.3, 0.4) is 0 Å². The van der Waals surface area contributed by atoms with Gasteiger partial charge in [-0.2, -0.15) is 0 Å². The lowest BCUT2D eigenvalue weighted by Crippen LogP contribution is -2.10. The van der Waals surface area contributed by atoms with Crippen LogP contribution in [0.4, 0.5) is 17.1 Å². The zero-order valence-corrected chi connectivity index (χ0v) is 25.0. The predicted octanol–water partition coefficient (Wildman–Crippen LogP) is 12.1. The van der Waals surface area contributed by atoms with Gasteiger partial charge >= 0.3 is 0 Å². The molecule has 216 valence electrons. The number of rotatable bonds is 5. The second-order valence-corrected chi connectivity index (χ2v) is 11.6. The van der Waals surface area contributed by atoms with Gasteiger partial charge in [0.25, 0.3) is 0 Å². The number of pyridine rings is 1. The number of aromatic nitrogens is 1. The molecule has 0 aliphatic carbocycles. The van der Waals surface area contributed by atoms with Gasteiger partial charge in [-0.1, -0.05) is 103 Å². The summed E-state index contributed by atoms with van der Waals surface area (Å²) in [6.45, 7) is 0. The second-order valence-electron chi connectivity index (χ2n) is 11.6. The van der Waals surface area contributed by atoms with Crippen molar-refractivity contribution in [1.82, 2.24) is 4.98 Å². The maximum atomic E-state index is 6.81. The van der Waals surface area contributed by atoms with E-state index < -0.39 is 0 Å². The van der Waals surface area contributed by atoms with Gasteiger partial charge in [-0.05, 0) is 87.4 Å². The van der Waals surface area contributed by atoms with Gasteiger partial charge < -0.3 is 9.32 Å². The van der Waals surface area contributed by atoms with Gasteiger partial charge in [-0.15, -0.1) is 0 Å². The highest BCUT2D eigenvalue weighted by molar-refractivity contribution is 6.25. The van der Waals surface area contributed by atoms with E-state index in [1.54, 1.807) is 0 Å².